The molecule has 0 spiro atoms. The number of nitrogens with zero attached hydrogens (tertiary/aromatic N) is 4. The van der Waals surface area contributed by atoms with Crippen LogP contribution in [0.3, 0.4) is 0 Å². The summed E-state index contributed by atoms with van der Waals surface area (Å²) in [6.45, 7) is 3.31. The summed E-state index contributed by atoms with van der Waals surface area (Å²) in [6, 6.07) is 33.0. The van der Waals surface area contributed by atoms with Crippen LogP contribution < -0.4 is 5.32 Å². The number of likely N-dealkylation sites (tertiary alicyclic amines) is 2. The van der Waals surface area contributed by atoms with Crippen molar-refractivity contribution in [1.29, 1.82) is 0 Å². The Labute approximate surface area is 326 Å². The van der Waals surface area contributed by atoms with Crippen molar-refractivity contribution >= 4 is 28.9 Å². The van der Waals surface area contributed by atoms with Crippen LogP contribution in [0, 0.1) is 0 Å². The molecule has 0 unspecified atom stereocenters. The lowest BCUT2D eigenvalue weighted by Crippen LogP contribution is -2.42. The minimum Gasteiger partial charge on any atom is -0.453 e. The molecule has 11 heteroatoms. The Morgan fingerprint density at radius 3 is 2.09 bits per heavy atom. The highest BCUT2D eigenvalue weighted by atomic mass is 16.5. The summed E-state index contributed by atoms with van der Waals surface area (Å²) in [6.07, 6.45) is 6.43. The second-order valence-electron chi connectivity index (χ2n) is 14.8. The number of rotatable bonds is 11. The first kappa shape index (κ1) is 36.7. The second-order valence-corrected chi connectivity index (χ2v) is 14.8. The Morgan fingerprint density at radius 2 is 1.39 bits per heavy atom. The Morgan fingerprint density at radius 1 is 0.768 bits per heavy atom. The van der Waals surface area contributed by atoms with Gasteiger partial charge in [-0.1, -0.05) is 91.0 Å². The molecular formula is C45H47N7O4. The molecule has 4 heterocycles. The number of fused-ring (bicyclic) bond motifs is 1. The van der Waals surface area contributed by atoms with Gasteiger partial charge in [0.2, 0.25) is 5.91 Å². The number of H-pyrrole nitrogens is 2. The molecule has 2 aliphatic rings. The number of hydrogen-bond acceptors (Lipinski definition) is 6. The van der Waals surface area contributed by atoms with E-state index in [1.54, 1.807) is 0 Å². The van der Waals surface area contributed by atoms with Crippen molar-refractivity contribution in [2.75, 3.05) is 20.2 Å². The van der Waals surface area contributed by atoms with E-state index >= 15 is 0 Å². The predicted octanol–water partition coefficient (Wildman–Crippen LogP) is 7.97. The number of benzene rings is 4. The molecule has 2 aliphatic heterocycles. The van der Waals surface area contributed by atoms with Crippen molar-refractivity contribution < 1.29 is 19.1 Å². The molecule has 11 nitrogen and oxygen atoms in total. The Bertz CT molecular complexity index is 2300. The van der Waals surface area contributed by atoms with Crippen LogP contribution in [0.2, 0.25) is 0 Å². The summed E-state index contributed by atoms with van der Waals surface area (Å²) in [5.74, 6) is 1.34. The number of alkyl carbamates (subject to hydrolysis) is 1. The topological polar surface area (TPSA) is 136 Å². The summed E-state index contributed by atoms with van der Waals surface area (Å²) >= 11 is 0. The number of nitrogens with one attached hydrogen (secondary N) is 3. The van der Waals surface area contributed by atoms with Crippen molar-refractivity contribution in [3.63, 3.8) is 0 Å². The second kappa shape index (κ2) is 16.2. The normalized spacial score (nSPS) is 17.9. The van der Waals surface area contributed by atoms with E-state index in [-0.39, 0.29) is 29.8 Å². The van der Waals surface area contributed by atoms with Gasteiger partial charge >= 0.3 is 6.09 Å². The molecule has 2 aromatic heterocycles. The molecule has 0 saturated carbocycles. The highest BCUT2D eigenvalue weighted by molar-refractivity contribution is 5.87. The third-order valence-electron chi connectivity index (χ3n) is 11.3. The minimum absolute atomic E-state index is 0.0492. The van der Waals surface area contributed by atoms with Gasteiger partial charge < -0.3 is 29.8 Å². The lowest BCUT2D eigenvalue weighted by atomic mass is 9.99. The van der Waals surface area contributed by atoms with Crippen molar-refractivity contribution in [3.05, 3.63) is 143 Å². The number of aryl methyl sites for hydroxylation is 2. The van der Waals surface area contributed by atoms with Crippen LogP contribution in [-0.4, -0.2) is 67.8 Å². The molecule has 4 atom stereocenters. The number of carbonyl (C=O) groups excluding carboxylic acids is 3. The number of ether oxygens (including phenoxy) is 1. The van der Waals surface area contributed by atoms with Crippen molar-refractivity contribution in [2.24, 2.45) is 0 Å². The molecule has 0 aliphatic carbocycles. The lowest BCUT2D eigenvalue weighted by Gasteiger charge is -2.28. The largest absolute Gasteiger partial charge is 0.453 e. The van der Waals surface area contributed by atoms with Gasteiger partial charge in [-0.2, -0.15) is 0 Å². The van der Waals surface area contributed by atoms with Gasteiger partial charge in [0, 0.05) is 13.1 Å². The maximum absolute atomic E-state index is 13.9. The van der Waals surface area contributed by atoms with Crippen LogP contribution in [0.15, 0.2) is 109 Å². The van der Waals surface area contributed by atoms with Gasteiger partial charge in [-0.25, -0.2) is 14.8 Å². The number of carbonyl (C=O) groups is 3. The van der Waals surface area contributed by atoms with Crippen LogP contribution in [0.25, 0.3) is 22.3 Å². The first-order valence-corrected chi connectivity index (χ1v) is 19.5. The molecule has 3 amide bonds. The summed E-state index contributed by atoms with van der Waals surface area (Å²) < 4.78 is 4.84. The highest BCUT2D eigenvalue weighted by Gasteiger charge is 2.37. The van der Waals surface area contributed by atoms with Crippen molar-refractivity contribution in [3.8, 4) is 11.3 Å². The molecule has 2 saturated heterocycles. The molecule has 6 aromatic rings. The first-order valence-electron chi connectivity index (χ1n) is 19.5. The number of imidazole rings is 2. The molecule has 56 heavy (non-hydrogen) atoms. The monoisotopic (exact) mass is 749 g/mol. The average molecular weight is 750 g/mol. The number of methoxy groups -OCH3 is 1. The molecule has 0 bridgehead atoms. The lowest BCUT2D eigenvalue weighted by molar-refractivity contribution is -0.135. The minimum atomic E-state index is -0.861. The van der Waals surface area contributed by atoms with Crippen LogP contribution in [0.1, 0.15) is 90.6 Å². The molecule has 3 N–H and O–H groups in total. The molecular weight excluding hydrogens is 703 g/mol. The van der Waals surface area contributed by atoms with E-state index in [9.17, 15) is 14.4 Å². The van der Waals surface area contributed by atoms with E-state index in [1.807, 2.05) is 89.7 Å². The maximum Gasteiger partial charge on any atom is 0.407 e. The van der Waals surface area contributed by atoms with Crippen molar-refractivity contribution in [2.45, 2.75) is 69.5 Å². The number of aromatic nitrogens is 4. The summed E-state index contributed by atoms with van der Waals surface area (Å²) in [5, 5.41) is 2.73. The van der Waals surface area contributed by atoms with E-state index in [1.165, 1.54) is 18.2 Å². The number of aromatic amines is 2. The van der Waals surface area contributed by atoms with E-state index < -0.39 is 12.1 Å². The molecule has 286 valence electrons. The summed E-state index contributed by atoms with van der Waals surface area (Å²) in [5.41, 5.74) is 7.95. The predicted molar refractivity (Wildman–Crippen MR) is 214 cm³/mol. The number of amides is 3. The fourth-order valence-electron chi connectivity index (χ4n) is 8.22. The van der Waals surface area contributed by atoms with Crippen LogP contribution in [0.4, 0.5) is 4.79 Å². The quantitative estimate of drug-likeness (QED) is 0.123. The Balaban J connectivity index is 0.902. The van der Waals surface area contributed by atoms with Crippen LogP contribution >= 0.6 is 0 Å². The maximum atomic E-state index is 13.9. The van der Waals surface area contributed by atoms with Gasteiger partial charge in [0.25, 0.3) is 5.91 Å². The standard InChI is InChI=1S/C45H47N7O4/c1-29(32-11-5-3-6-12-32)43(53)51-25-9-15-38(51)41-46-28-37(49-41)33-22-19-30(20-23-33)17-18-31-21-24-35-36(27-31)48-42(47-35)39-16-10-26-52(39)44(54)40(50-45(55)56-2)34-13-7-4-8-14-34/h3-8,11-14,19-24,27-29,38-40H,9-10,15-18,25-26H2,1-2H3,(H,46,49)(H,47,48)(H,50,55)/t29-,38+,39+,40-/m1/s1. The van der Waals surface area contributed by atoms with Gasteiger partial charge in [0.1, 0.15) is 17.7 Å². The Hall–Kier alpha value is -6.23. The molecule has 4 aromatic carbocycles. The van der Waals surface area contributed by atoms with Crippen LogP contribution in [-0.2, 0) is 27.2 Å². The SMILES string of the molecule is COC(=O)N[C@@H](C(=O)N1CCC[C@H]1c1nc2ccc(CCc3ccc(-c4cnc([C@@H]5CCCN5C(=O)[C@H](C)c5ccccc5)[nH]4)cc3)cc2[nH]1)c1ccccc1. The fourth-order valence-corrected chi connectivity index (χ4v) is 8.22. The van der Waals surface area contributed by atoms with E-state index in [2.05, 4.69) is 51.7 Å². The van der Waals surface area contributed by atoms with Crippen LogP contribution in [0.5, 0.6) is 0 Å². The van der Waals surface area contributed by atoms with E-state index in [4.69, 9.17) is 14.7 Å². The van der Waals surface area contributed by atoms with Gasteiger partial charge in [-0.05, 0) is 85.4 Å². The van der Waals surface area contributed by atoms with E-state index in [0.717, 1.165) is 84.6 Å². The zero-order valence-electron chi connectivity index (χ0n) is 31.8. The van der Waals surface area contributed by atoms with Gasteiger partial charge in [-0.3, -0.25) is 9.59 Å². The summed E-state index contributed by atoms with van der Waals surface area (Å²) in [7, 11) is 1.29. The van der Waals surface area contributed by atoms with E-state index in [0.29, 0.717) is 12.1 Å². The van der Waals surface area contributed by atoms with Gasteiger partial charge in [-0.15, -0.1) is 0 Å². The molecule has 8 rings (SSSR count). The molecule has 2 fully saturated rings. The van der Waals surface area contributed by atoms with Gasteiger partial charge in [0.05, 0.1) is 48.0 Å². The smallest absolute Gasteiger partial charge is 0.407 e. The zero-order chi connectivity index (χ0) is 38.6. The third-order valence-corrected chi connectivity index (χ3v) is 11.3. The van der Waals surface area contributed by atoms with Crippen molar-refractivity contribution in [1.82, 2.24) is 35.1 Å². The summed E-state index contributed by atoms with van der Waals surface area (Å²) in [4.78, 5) is 60.1. The number of hydrogen-bond donors (Lipinski definition) is 3. The highest BCUT2D eigenvalue weighted by Crippen LogP contribution is 2.36. The van der Waals surface area contributed by atoms with Gasteiger partial charge in [0.15, 0.2) is 0 Å². The first-order chi connectivity index (χ1) is 27.4. The zero-order valence-corrected chi connectivity index (χ0v) is 31.8. The third kappa shape index (κ3) is 7.66. The average Bonchev–Trinajstić information content (AvgIpc) is 4.08. The fraction of sp³-hybridized carbons (Fsp3) is 0.311. The molecule has 0 radical (unpaired) electrons. The Kier molecular flexibility index (Phi) is 10.7.